The van der Waals surface area contributed by atoms with E-state index in [1.807, 2.05) is 17.5 Å². The van der Waals surface area contributed by atoms with Gasteiger partial charge in [-0.2, -0.15) is 9.36 Å². The van der Waals surface area contributed by atoms with E-state index in [1.165, 1.54) is 0 Å². The van der Waals surface area contributed by atoms with Gasteiger partial charge in [-0.3, -0.25) is 4.79 Å². The van der Waals surface area contributed by atoms with E-state index >= 15 is 0 Å². The molecule has 24 heavy (non-hydrogen) atoms. The van der Waals surface area contributed by atoms with Crippen molar-refractivity contribution < 1.29 is 4.79 Å². The number of thiophene rings is 1. The Morgan fingerprint density at radius 2 is 2.04 bits per heavy atom. The second kappa shape index (κ2) is 6.98. The number of likely N-dealkylation sites (N-methyl/N-ethyl adjacent to an activating group) is 1. The molecule has 0 aliphatic carbocycles. The molecule has 124 valence electrons. The van der Waals surface area contributed by atoms with Crippen molar-refractivity contribution in [2.24, 2.45) is 0 Å². The lowest BCUT2D eigenvalue weighted by Crippen LogP contribution is -2.34. The minimum absolute atomic E-state index is 0.175. The Labute approximate surface area is 146 Å². The highest BCUT2D eigenvalue weighted by Crippen LogP contribution is 2.16. The normalized spacial score (nSPS) is 10.8. The number of amides is 1. The second-order valence-corrected chi connectivity index (χ2v) is 6.55. The van der Waals surface area contributed by atoms with Crippen LogP contribution < -0.4 is 5.69 Å². The molecule has 0 aliphatic rings. The van der Waals surface area contributed by atoms with E-state index < -0.39 is 5.69 Å². The third-order valence-electron chi connectivity index (χ3n) is 3.40. The summed E-state index contributed by atoms with van der Waals surface area (Å²) < 4.78 is 2.10. The summed E-state index contributed by atoms with van der Waals surface area (Å²) in [6.45, 7) is 0.315. The summed E-state index contributed by atoms with van der Waals surface area (Å²) in [5.41, 5.74) is -0.0872. The van der Waals surface area contributed by atoms with Crippen LogP contribution in [0.3, 0.4) is 0 Å². The van der Waals surface area contributed by atoms with Crippen molar-refractivity contribution in [2.45, 2.75) is 13.1 Å². The fourth-order valence-electron chi connectivity index (χ4n) is 2.12. The fraction of sp³-hybridized carbons (Fsp3) is 0.200. The molecule has 0 aliphatic heterocycles. The van der Waals surface area contributed by atoms with E-state index in [9.17, 15) is 9.59 Å². The number of halogens is 1. The molecular weight excluding hydrogens is 350 g/mol. The van der Waals surface area contributed by atoms with E-state index in [1.54, 1.807) is 47.5 Å². The minimum atomic E-state index is -0.513. The van der Waals surface area contributed by atoms with E-state index in [0.717, 1.165) is 14.2 Å². The molecule has 2 heterocycles. The fourth-order valence-corrected chi connectivity index (χ4v) is 3.09. The van der Waals surface area contributed by atoms with Crippen LogP contribution in [0.5, 0.6) is 0 Å². The Morgan fingerprint density at radius 3 is 2.75 bits per heavy atom. The summed E-state index contributed by atoms with van der Waals surface area (Å²) in [5, 5.41) is 9.90. The van der Waals surface area contributed by atoms with Crippen molar-refractivity contribution in [2.75, 3.05) is 7.05 Å². The minimum Gasteiger partial charge on any atom is -0.339 e. The number of nitrogens with zero attached hydrogens (tertiary/aromatic N) is 5. The molecule has 0 saturated heterocycles. The third-order valence-corrected chi connectivity index (χ3v) is 4.58. The smallest absolute Gasteiger partial charge is 0.339 e. The molecule has 3 aromatic rings. The van der Waals surface area contributed by atoms with Crippen LogP contribution in [-0.4, -0.2) is 37.6 Å². The van der Waals surface area contributed by atoms with Gasteiger partial charge in [0.05, 0.1) is 17.3 Å². The number of para-hydroxylation sites is 1. The highest BCUT2D eigenvalue weighted by molar-refractivity contribution is 7.09. The van der Waals surface area contributed by atoms with E-state index in [2.05, 4.69) is 10.4 Å². The molecule has 9 heteroatoms. The summed E-state index contributed by atoms with van der Waals surface area (Å²) in [6.07, 6.45) is 0. The summed E-state index contributed by atoms with van der Waals surface area (Å²) in [4.78, 5) is 27.3. The van der Waals surface area contributed by atoms with Crippen molar-refractivity contribution in [3.8, 4) is 5.69 Å². The van der Waals surface area contributed by atoms with Gasteiger partial charge in [0.25, 0.3) is 0 Å². The third kappa shape index (κ3) is 3.39. The molecule has 1 aromatic carbocycles. The van der Waals surface area contributed by atoms with E-state index in [4.69, 9.17) is 11.6 Å². The number of hydrogen-bond acceptors (Lipinski definition) is 5. The number of carbonyl (C=O) groups excluding carboxylic acids is 1. The molecule has 7 nitrogen and oxygen atoms in total. The van der Waals surface area contributed by atoms with Gasteiger partial charge in [0.15, 0.2) is 0 Å². The van der Waals surface area contributed by atoms with Crippen molar-refractivity contribution >= 4 is 28.8 Å². The number of aromatic nitrogens is 4. The van der Waals surface area contributed by atoms with Crippen LogP contribution in [0.25, 0.3) is 5.69 Å². The number of hydrogen-bond donors (Lipinski definition) is 0. The average molecular weight is 364 g/mol. The monoisotopic (exact) mass is 363 g/mol. The number of benzene rings is 1. The molecule has 0 N–H and O–H groups in total. The van der Waals surface area contributed by atoms with Gasteiger partial charge in [-0.25, -0.2) is 4.79 Å². The van der Waals surface area contributed by atoms with E-state index in [0.29, 0.717) is 17.3 Å². The van der Waals surface area contributed by atoms with Crippen LogP contribution in [-0.2, 0) is 17.9 Å². The lowest BCUT2D eigenvalue weighted by Gasteiger charge is -2.15. The molecule has 0 spiro atoms. The van der Waals surface area contributed by atoms with Crippen molar-refractivity contribution in [3.05, 3.63) is 62.2 Å². The van der Waals surface area contributed by atoms with Crippen LogP contribution >= 0.6 is 22.9 Å². The van der Waals surface area contributed by atoms with Crippen molar-refractivity contribution in [3.63, 3.8) is 0 Å². The Bertz CT molecular complexity index is 903. The van der Waals surface area contributed by atoms with Gasteiger partial charge in [0, 0.05) is 11.9 Å². The maximum absolute atomic E-state index is 12.4. The highest BCUT2D eigenvalue weighted by atomic mass is 35.5. The summed E-state index contributed by atoms with van der Waals surface area (Å²) in [5.74, 6) is -0.225. The van der Waals surface area contributed by atoms with Gasteiger partial charge in [0.1, 0.15) is 6.54 Å². The SMILES string of the molecule is CN(Cc1cccs1)C(=O)Cn1nnn(-c2ccccc2Cl)c1=O. The first kappa shape index (κ1) is 16.4. The molecule has 0 saturated carbocycles. The Hall–Kier alpha value is -2.45. The first-order chi connectivity index (χ1) is 11.6. The van der Waals surface area contributed by atoms with Gasteiger partial charge in [-0.1, -0.05) is 29.8 Å². The number of rotatable bonds is 5. The van der Waals surface area contributed by atoms with Gasteiger partial charge >= 0.3 is 5.69 Å². The number of carbonyl (C=O) groups is 1. The predicted octanol–water partition coefficient (Wildman–Crippen LogP) is 1.80. The Balaban J connectivity index is 1.76. The van der Waals surface area contributed by atoms with Crippen LogP contribution in [0.1, 0.15) is 4.88 Å². The Kier molecular flexibility index (Phi) is 4.77. The zero-order valence-electron chi connectivity index (χ0n) is 12.8. The molecule has 1 amide bonds. The zero-order valence-corrected chi connectivity index (χ0v) is 14.4. The van der Waals surface area contributed by atoms with Gasteiger partial charge in [-0.15, -0.1) is 11.3 Å². The topological polar surface area (TPSA) is 73.0 Å². The van der Waals surface area contributed by atoms with Gasteiger partial charge in [0.2, 0.25) is 5.91 Å². The average Bonchev–Trinajstić information content (AvgIpc) is 3.19. The maximum Gasteiger partial charge on any atom is 0.369 e. The highest BCUT2D eigenvalue weighted by Gasteiger charge is 2.16. The molecule has 0 atom stereocenters. The lowest BCUT2D eigenvalue weighted by atomic mass is 10.3. The Morgan fingerprint density at radius 1 is 1.25 bits per heavy atom. The standard InChI is InChI=1S/C15H14ClN5O2S/c1-19(9-11-5-4-8-24-11)14(22)10-20-15(23)21(18-17-20)13-7-3-2-6-12(13)16/h2-8H,9-10H2,1H3. The predicted molar refractivity (Wildman–Crippen MR) is 91.4 cm³/mol. The van der Waals surface area contributed by atoms with E-state index in [-0.39, 0.29) is 12.5 Å². The maximum atomic E-state index is 12.4. The van der Waals surface area contributed by atoms with Crippen molar-refractivity contribution in [1.29, 1.82) is 0 Å². The molecule has 0 unspecified atom stereocenters. The molecule has 2 aromatic heterocycles. The first-order valence-electron chi connectivity index (χ1n) is 7.10. The summed E-state index contributed by atoms with van der Waals surface area (Å²) in [6, 6.07) is 10.7. The van der Waals surface area contributed by atoms with Crippen LogP contribution in [0.2, 0.25) is 5.02 Å². The van der Waals surface area contributed by atoms with Crippen LogP contribution in [0.15, 0.2) is 46.6 Å². The van der Waals surface area contributed by atoms with Crippen molar-refractivity contribution in [1.82, 2.24) is 24.7 Å². The molecule has 0 radical (unpaired) electrons. The summed E-state index contributed by atoms with van der Waals surface area (Å²) in [7, 11) is 1.69. The van der Waals surface area contributed by atoms with Crippen LogP contribution in [0, 0.1) is 0 Å². The molecular formula is C15H14ClN5O2S. The largest absolute Gasteiger partial charge is 0.369 e. The van der Waals surface area contributed by atoms with Gasteiger partial charge < -0.3 is 4.90 Å². The summed E-state index contributed by atoms with van der Waals surface area (Å²) >= 11 is 7.64. The molecule has 0 bridgehead atoms. The zero-order chi connectivity index (χ0) is 17.1. The lowest BCUT2D eigenvalue weighted by molar-refractivity contribution is -0.131. The van der Waals surface area contributed by atoms with Crippen LogP contribution in [0.4, 0.5) is 0 Å². The molecule has 0 fully saturated rings. The first-order valence-corrected chi connectivity index (χ1v) is 8.36. The van der Waals surface area contributed by atoms with Gasteiger partial charge in [-0.05, 0) is 34.0 Å². The second-order valence-electron chi connectivity index (χ2n) is 5.11. The quantitative estimate of drug-likeness (QED) is 0.693. The molecule has 3 rings (SSSR count). The number of tetrazole rings is 1.